The summed E-state index contributed by atoms with van der Waals surface area (Å²) in [5, 5.41) is 9.49. The van der Waals surface area contributed by atoms with Gasteiger partial charge in [-0.2, -0.15) is 0 Å². The van der Waals surface area contributed by atoms with Crippen LogP contribution >= 0.6 is 0 Å². The van der Waals surface area contributed by atoms with Crippen LogP contribution in [-0.4, -0.2) is 11.7 Å². The van der Waals surface area contributed by atoms with Gasteiger partial charge in [0, 0.05) is 6.61 Å². The van der Waals surface area contributed by atoms with Gasteiger partial charge in [0.2, 0.25) is 0 Å². The van der Waals surface area contributed by atoms with Gasteiger partial charge in [0.05, 0.1) is 0 Å². The molecular weight excluding hydrogens is 316 g/mol. The number of hydrogen-bond donors (Lipinski definition) is 1. The molecule has 1 heteroatoms. The minimum absolute atomic E-state index is 0.135. The van der Waals surface area contributed by atoms with Gasteiger partial charge in [-0.25, -0.2) is 0 Å². The van der Waals surface area contributed by atoms with Crippen LogP contribution in [-0.2, 0) is 0 Å². The number of allylic oxidation sites excluding steroid dienone is 2. The third kappa shape index (κ3) is 7.27. The Bertz CT molecular complexity index is 563. The largest absolute Gasteiger partial charge is 0.396 e. The van der Waals surface area contributed by atoms with Crippen LogP contribution in [0.5, 0.6) is 0 Å². The molecule has 0 heterocycles. The standard InChI is InChI=1S/C25H42O/c1-9-20(2)17-24(5,6)19-25(7,8)22(18-23(3,4)15-16-26)21-13-11-10-12-14-21/h9-14,22,26H,15-19H2,1-8H3/b20-9+. The highest BCUT2D eigenvalue weighted by Gasteiger charge is 2.38. The fraction of sp³-hybridized carbons (Fsp3) is 0.680. The first kappa shape index (κ1) is 23.0. The highest BCUT2D eigenvalue weighted by atomic mass is 16.3. The molecule has 26 heavy (non-hydrogen) atoms. The van der Waals surface area contributed by atoms with Crippen molar-refractivity contribution in [2.75, 3.05) is 6.61 Å². The van der Waals surface area contributed by atoms with E-state index in [1.54, 1.807) is 0 Å². The summed E-state index contributed by atoms with van der Waals surface area (Å²) in [5.41, 5.74) is 3.50. The lowest BCUT2D eigenvalue weighted by Crippen LogP contribution is -2.32. The molecule has 1 rings (SSSR count). The molecule has 0 saturated heterocycles. The molecule has 0 aliphatic carbocycles. The van der Waals surface area contributed by atoms with Gasteiger partial charge < -0.3 is 5.11 Å². The Morgan fingerprint density at radius 3 is 2.08 bits per heavy atom. The summed E-state index contributed by atoms with van der Waals surface area (Å²) in [4.78, 5) is 0. The van der Waals surface area contributed by atoms with Crippen molar-refractivity contribution in [1.82, 2.24) is 0 Å². The molecule has 0 saturated carbocycles. The quantitative estimate of drug-likeness (QED) is 0.433. The van der Waals surface area contributed by atoms with Crippen molar-refractivity contribution in [2.45, 2.75) is 87.0 Å². The molecule has 148 valence electrons. The molecule has 1 aromatic carbocycles. The first-order valence-electron chi connectivity index (χ1n) is 10.2. The number of benzene rings is 1. The Balaban J connectivity index is 3.15. The van der Waals surface area contributed by atoms with E-state index in [2.05, 4.69) is 91.8 Å². The maximum absolute atomic E-state index is 9.49. The van der Waals surface area contributed by atoms with Crippen LogP contribution in [0.4, 0.5) is 0 Å². The fourth-order valence-corrected chi connectivity index (χ4v) is 4.76. The minimum Gasteiger partial charge on any atom is -0.396 e. The Labute approximate surface area is 162 Å². The van der Waals surface area contributed by atoms with E-state index in [1.807, 2.05) is 0 Å². The highest BCUT2D eigenvalue weighted by molar-refractivity contribution is 5.22. The van der Waals surface area contributed by atoms with E-state index in [1.165, 1.54) is 17.6 Å². The third-order valence-electron chi connectivity index (χ3n) is 5.87. The molecule has 1 atom stereocenters. The normalized spacial score (nSPS) is 15.2. The zero-order chi connectivity index (χ0) is 20.0. The summed E-state index contributed by atoms with van der Waals surface area (Å²) < 4.78 is 0. The Morgan fingerprint density at radius 2 is 1.58 bits per heavy atom. The third-order valence-corrected chi connectivity index (χ3v) is 5.87. The lowest BCUT2D eigenvalue weighted by molar-refractivity contribution is 0.113. The molecule has 0 aliphatic rings. The van der Waals surface area contributed by atoms with Crippen molar-refractivity contribution in [3.05, 3.63) is 47.5 Å². The zero-order valence-electron chi connectivity index (χ0n) is 18.5. The average Bonchev–Trinajstić information content (AvgIpc) is 2.51. The van der Waals surface area contributed by atoms with Crippen LogP contribution in [0.2, 0.25) is 0 Å². The maximum atomic E-state index is 9.49. The summed E-state index contributed by atoms with van der Waals surface area (Å²) in [6.07, 6.45) is 6.53. The lowest BCUT2D eigenvalue weighted by Gasteiger charge is -2.44. The van der Waals surface area contributed by atoms with Gasteiger partial charge in [0.25, 0.3) is 0 Å². The predicted molar refractivity (Wildman–Crippen MR) is 116 cm³/mol. The van der Waals surface area contributed by atoms with Crippen molar-refractivity contribution < 1.29 is 5.11 Å². The molecule has 0 fully saturated rings. The smallest absolute Gasteiger partial charge is 0.0436 e. The van der Waals surface area contributed by atoms with Crippen LogP contribution in [0.1, 0.15) is 92.6 Å². The number of aliphatic hydroxyl groups excluding tert-OH is 1. The second-order valence-electron chi connectivity index (χ2n) is 10.4. The molecule has 1 nitrogen and oxygen atoms in total. The van der Waals surface area contributed by atoms with Gasteiger partial charge in [-0.15, -0.1) is 0 Å². The van der Waals surface area contributed by atoms with Crippen molar-refractivity contribution in [1.29, 1.82) is 0 Å². The number of aliphatic hydroxyl groups is 1. The SMILES string of the molecule is C/C=C(\C)CC(C)(C)CC(C)(C)C(CC(C)(C)CCO)c1ccccc1. The van der Waals surface area contributed by atoms with Gasteiger partial charge in [-0.3, -0.25) is 0 Å². The van der Waals surface area contributed by atoms with E-state index in [9.17, 15) is 5.11 Å². The van der Waals surface area contributed by atoms with Crippen LogP contribution in [0, 0.1) is 16.2 Å². The van der Waals surface area contributed by atoms with Crippen molar-refractivity contribution in [3.8, 4) is 0 Å². The van der Waals surface area contributed by atoms with Gasteiger partial charge >= 0.3 is 0 Å². The topological polar surface area (TPSA) is 20.2 Å². The van der Waals surface area contributed by atoms with Crippen LogP contribution in [0.25, 0.3) is 0 Å². The van der Waals surface area contributed by atoms with Gasteiger partial charge in [0.1, 0.15) is 0 Å². The van der Waals surface area contributed by atoms with Crippen molar-refractivity contribution in [2.24, 2.45) is 16.2 Å². The first-order chi connectivity index (χ1) is 11.9. The Morgan fingerprint density at radius 1 is 1.00 bits per heavy atom. The van der Waals surface area contributed by atoms with Crippen LogP contribution in [0.3, 0.4) is 0 Å². The zero-order valence-corrected chi connectivity index (χ0v) is 18.5. The molecule has 0 radical (unpaired) electrons. The Hall–Kier alpha value is -1.08. The summed E-state index contributed by atoms with van der Waals surface area (Å²) in [6.45, 7) is 18.9. The molecule has 0 aliphatic heterocycles. The number of hydrogen-bond acceptors (Lipinski definition) is 1. The fourth-order valence-electron chi connectivity index (χ4n) is 4.76. The van der Waals surface area contributed by atoms with E-state index in [4.69, 9.17) is 0 Å². The number of rotatable bonds is 10. The summed E-state index contributed by atoms with van der Waals surface area (Å²) in [7, 11) is 0. The van der Waals surface area contributed by atoms with E-state index in [0.29, 0.717) is 5.92 Å². The Kier molecular flexibility index (Phi) is 8.14. The van der Waals surface area contributed by atoms with Crippen molar-refractivity contribution in [3.63, 3.8) is 0 Å². The molecule has 0 spiro atoms. The van der Waals surface area contributed by atoms with Gasteiger partial charge in [-0.1, -0.05) is 83.5 Å². The van der Waals surface area contributed by atoms with Gasteiger partial charge in [0.15, 0.2) is 0 Å². The monoisotopic (exact) mass is 358 g/mol. The maximum Gasteiger partial charge on any atom is 0.0436 e. The molecule has 0 bridgehead atoms. The van der Waals surface area contributed by atoms with Gasteiger partial charge in [-0.05, 0) is 67.3 Å². The molecule has 1 aromatic rings. The molecule has 1 N–H and O–H groups in total. The minimum atomic E-state index is 0.135. The lowest BCUT2D eigenvalue weighted by atomic mass is 9.61. The predicted octanol–water partition coefficient (Wildman–Crippen LogP) is 7.37. The van der Waals surface area contributed by atoms with Crippen LogP contribution < -0.4 is 0 Å². The second kappa shape index (κ2) is 9.22. The highest BCUT2D eigenvalue weighted by Crippen LogP contribution is 2.50. The summed E-state index contributed by atoms with van der Waals surface area (Å²) in [5.74, 6) is 0.482. The molecule has 0 amide bonds. The molecule has 0 aromatic heterocycles. The van der Waals surface area contributed by atoms with Crippen LogP contribution in [0.15, 0.2) is 42.0 Å². The van der Waals surface area contributed by atoms with E-state index in [0.717, 1.165) is 19.3 Å². The molecule has 1 unspecified atom stereocenters. The van der Waals surface area contributed by atoms with Crippen molar-refractivity contribution >= 4 is 0 Å². The first-order valence-corrected chi connectivity index (χ1v) is 10.2. The summed E-state index contributed by atoms with van der Waals surface area (Å²) >= 11 is 0. The van der Waals surface area contributed by atoms with E-state index in [-0.39, 0.29) is 22.9 Å². The molecular formula is C25H42O. The summed E-state index contributed by atoms with van der Waals surface area (Å²) in [6, 6.07) is 11.0. The van der Waals surface area contributed by atoms with E-state index >= 15 is 0 Å². The second-order valence-corrected chi connectivity index (χ2v) is 10.4. The van der Waals surface area contributed by atoms with E-state index < -0.39 is 0 Å². The average molecular weight is 359 g/mol.